The minimum Gasteiger partial charge on any atom is -0.350 e. The number of hydrogen-bond acceptors (Lipinski definition) is 1. The van der Waals surface area contributed by atoms with Gasteiger partial charge in [-0.3, -0.25) is 0 Å². The molecule has 1 aliphatic carbocycles. The molecule has 2 aliphatic rings. The number of thiocarbonyl (C=S) groups is 1. The molecule has 0 amide bonds. The lowest BCUT2D eigenvalue weighted by molar-refractivity contribution is 0.258. The Hall–Kier alpha value is 0.180. The van der Waals surface area contributed by atoms with Gasteiger partial charge in [-0.1, -0.05) is 24.4 Å². The summed E-state index contributed by atoms with van der Waals surface area (Å²) in [7, 11) is 0. The molecule has 1 saturated carbocycles. The van der Waals surface area contributed by atoms with Gasteiger partial charge >= 0.3 is 0 Å². The van der Waals surface area contributed by atoms with Crippen molar-refractivity contribution in [2.75, 3.05) is 6.54 Å². The smallest absolute Gasteiger partial charge is 0.170 e. The largest absolute Gasteiger partial charge is 0.350 e. The zero-order valence-corrected chi connectivity index (χ0v) is 8.70. The molecule has 1 nitrogen and oxygen atoms in total. The van der Waals surface area contributed by atoms with Gasteiger partial charge in [-0.15, -0.1) is 0 Å². The van der Waals surface area contributed by atoms with Crippen molar-refractivity contribution >= 4 is 28.3 Å². The summed E-state index contributed by atoms with van der Waals surface area (Å²) in [5.74, 6) is 0.885. The summed E-state index contributed by atoms with van der Waals surface area (Å²) in [5, 5.41) is 0. The lowest BCUT2D eigenvalue weighted by atomic mass is 9.85. The van der Waals surface area contributed by atoms with E-state index in [0.717, 1.165) is 12.5 Å². The number of rotatable bonds is 0. The van der Waals surface area contributed by atoms with Crippen LogP contribution in [0.1, 0.15) is 32.1 Å². The van der Waals surface area contributed by atoms with Gasteiger partial charge in [-0.2, -0.15) is 0 Å². The second-order valence-corrected chi connectivity index (χ2v) is 4.82. The molecule has 3 heteroatoms. The summed E-state index contributed by atoms with van der Waals surface area (Å²) < 4.78 is 0.587. The van der Waals surface area contributed by atoms with Crippen molar-refractivity contribution in [3.8, 4) is 0 Å². The SMILES string of the molecule is S=C(Cl)N1CCC2CCCCC21. The molecule has 2 fully saturated rings. The van der Waals surface area contributed by atoms with Gasteiger partial charge in [0.25, 0.3) is 0 Å². The van der Waals surface area contributed by atoms with E-state index in [1.54, 1.807) is 0 Å². The molecule has 0 bridgehead atoms. The van der Waals surface area contributed by atoms with Crippen LogP contribution >= 0.6 is 23.8 Å². The van der Waals surface area contributed by atoms with Gasteiger partial charge in [0.1, 0.15) is 0 Å². The number of hydrogen-bond donors (Lipinski definition) is 0. The highest BCUT2D eigenvalue weighted by Crippen LogP contribution is 2.36. The summed E-state index contributed by atoms with van der Waals surface area (Å²) in [4.78, 5) is 2.22. The molecule has 0 spiro atoms. The maximum absolute atomic E-state index is 5.86. The average molecular weight is 204 g/mol. The Labute approximate surface area is 84.1 Å². The van der Waals surface area contributed by atoms with Crippen LogP contribution in [0.3, 0.4) is 0 Å². The molecule has 2 atom stereocenters. The molecule has 1 saturated heterocycles. The molecule has 2 unspecified atom stereocenters. The summed E-state index contributed by atoms with van der Waals surface area (Å²) in [6.45, 7) is 1.09. The van der Waals surface area contributed by atoms with Gasteiger partial charge in [0.15, 0.2) is 4.45 Å². The van der Waals surface area contributed by atoms with E-state index < -0.39 is 0 Å². The Bertz CT molecular complexity index is 195. The molecule has 0 N–H and O–H groups in total. The highest BCUT2D eigenvalue weighted by atomic mass is 35.5. The Kier molecular flexibility index (Phi) is 2.56. The molecule has 2 rings (SSSR count). The monoisotopic (exact) mass is 203 g/mol. The van der Waals surface area contributed by atoms with Crippen molar-refractivity contribution in [2.45, 2.75) is 38.1 Å². The van der Waals surface area contributed by atoms with Gasteiger partial charge in [0, 0.05) is 12.6 Å². The lowest BCUT2D eigenvalue weighted by Crippen LogP contribution is -2.36. The van der Waals surface area contributed by atoms with E-state index in [1.165, 1.54) is 32.1 Å². The van der Waals surface area contributed by atoms with Gasteiger partial charge < -0.3 is 4.90 Å². The molecular formula is C9H14ClNS. The Morgan fingerprint density at radius 3 is 2.75 bits per heavy atom. The van der Waals surface area contributed by atoms with Crippen molar-refractivity contribution < 1.29 is 0 Å². The first-order valence-electron chi connectivity index (χ1n) is 4.75. The zero-order chi connectivity index (χ0) is 8.55. The normalized spacial score (nSPS) is 34.9. The fourth-order valence-corrected chi connectivity index (χ4v) is 3.06. The number of fused-ring (bicyclic) bond motifs is 1. The van der Waals surface area contributed by atoms with Gasteiger partial charge in [-0.25, -0.2) is 0 Å². The first-order valence-corrected chi connectivity index (χ1v) is 5.54. The Balaban J connectivity index is 2.05. The third kappa shape index (κ3) is 1.47. The van der Waals surface area contributed by atoms with Crippen LogP contribution in [0, 0.1) is 5.92 Å². The minimum absolute atomic E-state index is 0.587. The zero-order valence-electron chi connectivity index (χ0n) is 7.13. The van der Waals surface area contributed by atoms with Crippen LogP contribution in [0.5, 0.6) is 0 Å². The van der Waals surface area contributed by atoms with Gasteiger partial charge in [0.05, 0.1) is 0 Å². The summed E-state index contributed by atoms with van der Waals surface area (Å²) >= 11 is 10.9. The third-order valence-electron chi connectivity index (χ3n) is 3.24. The topological polar surface area (TPSA) is 3.24 Å². The molecular weight excluding hydrogens is 190 g/mol. The van der Waals surface area contributed by atoms with E-state index in [2.05, 4.69) is 4.90 Å². The predicted molar refractivity (Wildman–Crippen MR) is 55.5 cm³/mol. The van der Waals surface area contributed by atoms with Gasteiger partial charge in [-0.05, 0) is 37.4 Å². The Morgan fingerprint density at radius 1 is 1.25 bits per heavy atom. The van der Waals surface area contributed by atoms with Gasteiger partial charge in [0.2, 0.25) is 0 Å². The van der Waals surface area contributed by atoms with Crippen molar-refractivity contribution in [3.05, 3.63) is 0 Å². The van der Waals surface area contributed by atoms with Crippen LogP contribution in [-0.2, 0) is 0 Å². The van der Waals surface area contributed by atoms with E-state index in [0.29, 0.717) is 10.5 Å². The van der Waals surface area contributed by atoms with Crippen LogP contribution < -0.4 is 0 Å². The standard InChI is InChI=1S/C9H14ClNS/c10-9(12)11-6-5-7-3-1-2-4-8(7)11/h7-8H,1-6H2. The first kappa shape index (κ1) is 8.76. The van der Waals surface area contributed by atoms with Crippen LogP contribution in [0.25, 0.3) is 0 Å². The maximum atomic E-state index is 5.86. The molecule has 12 heavy (non-hydrogen) atoms. The van der Waals surface area contributed by atoms with Crippen LogP contribution in [0.15, 0.2) is 0 Å². The van der Waals surface area contributed by atoms with Crippen molar-refractivity contribution in [2.24, 2.45) is 5.92 Å². The van der Waals surface area contributed by atoms with Crippen LogP contribution in [-0.4, -0.2) is 21.9 Å². The summed E-state index contributed by atoms with van der Waals surface area (Å²) in [6.07, 6.45) is 6.76. The van der Waals surface area contributed by atoms with Crippen molar-refractivity contribution in [1.29, 1.82) is 0 Å². The van der Waals surface area contributed by atoms with E-state index in [9.17, 15) is 0 Å². The second kappa shape index (κ2) is 3.51. The van der Waals surface area contributed by atoms with E-state index in [1.807, 2.05) is 0 Å². The molecule has 1 heterocycles. The molecule has 0 aromatic heterocycles. The maximum Gasteiger partial charge on any atom is 0.170 e. The minimum atomic E-state index is 0.587. The average Bonchev–Trinajstić information content (AvgIpc) is 2.47. The molecule has 0 aromatic rings. The predicted octanol–water partition coefficient (Wildman–Crippen LogP) is 2.77. The number of halogens is 1. The van der Waals surface area contributed by atoms with E-state index in [4.69, 9.17) is 23.8 Å². The summed E-state index contributed by atoms with van der Waals surface area (Å²) in [6, 6.07) is 0.684. The highest BCUT2D eigenvalue weighted by molar-refractivity contribution is 7.83. The lowest BCUT2D eigenvalue weighted by Gasteiger charge is -2.31. The fraction of sp³-hybridized carbons (Fsp3) is 0.889. The first-order chi connectivity index (χ1) is 5.79. The Morgan fingerprint density at radius 2 is 2.00 bits per heavy atom. The van der Waals surface area contributed by atoms with Crippen molar-refractivity contribution in [3.63, 3.8) is 0 Å². The molecule has 0 radical (unpaired) electrons. The third-order valence-corrected chi connectivity index (χ3v) is 3.69. The molecule has 1 aliphatic heterocycles. The second-order valence-electron chi connectivity index (χ2n) is 3.85. The fourth-order valence-electron chi connectivity index (χ4n) is 2.62. The van der Waals surface area contributed by atoms with E-state index in [-0.39, 0.29) is 0 Å². The summed E-state index contributed by atoms with van der Waals surface area (Å²) in [5.41, 5.74) is 0. The number of nitrogens with zero attached hydrogens (tertiary/aromatic N) is 1. The quantitative estimate of drug-likeness (QED) is 0.339. The number of likely N-dealkylation sites (tertiary alicyclic amines) is 1. The van der Waals surface area contributed by atoms with Crippen LogP contribution in [0.4, 0.5) is 0 Å². The highest BCUT2D eigenvalue weighted by Gasteiger charge is 2.36. The van der Waals surface area contributed by atoms with Crippen LogP contribution in [0.2, 0.25) is 0 Å². The molecule has 68 valence electrons. The molecule has 0 aromatic carbocycles. The van der Waals surface area contributed by atoms with Crippen molar-refractivity contribution in [1.82, 2.24) is 4.90 Å². The van der Waals surface area contributed by atoms with E-state index >= 15 is 0 Å².